The normalized spacial score (nSPS) is 15.4. The molecule has 1 aliphatic heterocycles. The van der Waals surface area contributed by atoms with Gasteiger partial charge in [0, 0.05) is 45.2 Å². The monoisotopic (exact) mass is 377 g/mol. The zero-order valence-corrected chi connectivity index (χ0v) is 17.1. The first-order chi connectivity index (χ1) is 13.4. The number of benzene rings is 1. The number of amides is 1. The van der Waals surface area contributed by atoms with Crippen LogP contribution in [-0.4, -0.2) is 56.7 Å². The number of rotatable bonds is 3. The van der Waals surface area contributed by atoms with E-state index in [1.807, 2.05) is 31.9 Å². The molecule has 146 valence electrons. The predicted molar refractivity (Wildman–Crippen MR) is 110 cm³/mol. The fourth-order valence-corrected chi connectivity index (χ4v) is 4.00. The molecule has 28 heavy (non-hydrogen) atoms. The molecule has 3 heterocycles. The largest absolute Gasteiger partial charge is 0.336 e. The number of hydrogen-bond acceptors (Lipinski definition) is 4. The van der Waals surface area contributed by atoms with Crippen LogP contribution in [0.2, 0.25) is 0 Å². The highest BCUT2D eigenvalue weighted by Gasteiger charge is 2.24. The second-order valence-electron chi connectivity index (χ2n) is 7.76. The summed E-state index contributed by atoms with van der Waals surface area (Å²) >= 11 is 0. The van der Waals surface area contributed by atoms with E-state index < -0.39 is 0 Å². The Balaban J connectivity index is 1.46. The minimum atomic E-state index is 0.0744. The van der Waals surface area contributed by atoms with Crippen LogP contribution in [0.5, 0.6) is 0 Å². The molecule has 1 aromatic carbocycles. The first kappa shape index (κ1) is 18.6. The lowest BCUT2D eigenvalue weighted by atomic mass is 10.1. The van der Waals surface area contributed by atoms with E-state index in [2.05, 4.69) is 46.2 Å². The highest BCUT2D eigenvalue weighted by molar-refractivity contribution is 5.98. The van der Waals surface area contributed by atoms with Crippen molar-refractivity contribution in [2.24, 2.45) is 7.05 Å². The number of pyridine rings is 1. The van der Waals surface area contributed by atoms with Crippen LogP contribution in [0, 0.1) is 20.8 Å². The van der Waals surface area contributed by atoms with Gasteiger partial charge in [0.05, 0.1) is 17.0 Å². The van der Waals surface area contributed by atoms with Gasteiger partial charge in [-0.2, -0.15) is 5.10 Å². The number of aryl methyl sites for hydroxylation is 4. The molecule has 0 unspecified atom stereocenters. The number of fused-ring (bicyclic) bond motifs is 1. The molecule has 0 N–H and O–H groups in total. The lowest BCUT2D eigenvalue weighted by molar-refractivity contribution is 0.0627. The Bertz CT molecular complexity index is 1030. The molecular weight excluding hydrogens is 350 g/mol. The fraction of sp³-hybridized carbons (Fsp3) is 0.409. The first-order valence-corrected chi connectivity index (χ1v) is 9.80. The van der Waals surface area contributed by atoms with Crippen LogP contribution in [0.4, 0.5) is 0 Å². The average Bonchev–Trinajstić information content (AvgIpc) is 2.94. The van der Waals surface area contributed by atoms with Gasteiger partial charge in [0.1, 0.15) is 0 Å². The van der Waals surface area contributed by atoms with Gasteiger partial charge < -0.3 is 4.90 Å². The van der Waals surface area contributed by atoms with Gasteiger partial charge in [-0.3, -0.25) is 14.4 Å². The lowest BCUT2D eigenvalue weighted by Crippen LogP contribution is -2.48. The summed E-state index contributed by atoms with van der Waals surface area (Å²) in [5.74, 6) is 0.0744. The van der Waals surface area contributed by atoms with Crippen molar-refractivity contribution in [1.29, 1.82) is 0 Å². The van der Waals surface area contributed by atoms with E-state index >= 15 is 0 Å². The van der Waals surface area contributed by atoms with Crippen LogP contribution in [0.15, 0.2) is 30.3 Å². The molecule has 0 bridgehead atoms. The maximum absolute atomic E-state index is 13.1. The smallest absolute Gasteiger partial charge is 0.255 e. The SMILES string of the molecule is Cc1cccc(CN2CCN(C(=O)c3cc4c(C)nn(C)c4nc3C)CC2)c1. The second kappa shape index (κ2) is 7.36. The van der Waals surface area contributed by atoms with Crippen molar-refractivity contribution >= 4 is 16.9 Å². The molecular formula is C22H27N5O. The maximum atomic E-state index is 13.1. The van der Waals surface area contributed by atoms with E-state index in [0.29, 0.717) is 5.56 Å². The molecule has 0 radical (unpaired) electrons. The number of nitrogens with zero attached hydrogens (tertiary/aromatic N) is 5. The summed E-state index contributed by atoms with van der Waals surface area (Å²) in [6.07, 6.45) is 0. The van der Waals surface area contributed by atoms with Crippen LogP contribution in [0.25, 0.3) is 11.0 Å². The van der Waals surface area contributed by atoms with Crippen molar-refractivity contribution < 1.29 is 4.79 Å². The van der Waals surface area contributed by atoms with Crippen molar-refractivity contribution in [3.8, 4) is 0 Å². The van der Waals surface area contributed by atoms with E-state index in [9.17, 15) is 4.79 Å². The topological polar surface area (TPSA) is 54.3 Å². The Morgan fingerprint density at radius 2 is 1.79 bits per heavy atom. The molecule has 1 aliphatic rings. The van der Waals surface area contributed by atoms with Gasteiger partial charge in [0.15, 0.2) is 5.65 Å². The number of hydrogen-bond donors (Lipinski definition) is 0. The summed E-state index contributed by atoms with van der Waals surface area (Å²) in [7, 11) is 1.89. The quantitative estimate of drug-likeness (QED) is 0.704. The Morgan fingerprint density at radius 3 is 2.50 bits per heavy atom. The van der Waals surface area contributed by atoms with Crippen molar-refractivity contribution in [2.75, 3.05) is 26.2 Å². The van der Waals surface area contributed by atoms with Crippen LogP contribution in [-0.2, 0) is 13.6 Å². The molecule has 2 aromatic heterocycles. The molecule has 3 aromatic rings. The van der Waals surface area contributed by atoms with Gasteiger partial charge in [-0.25, -0.2) is 4.98 Å². The summed E-state index contributed by atoms with van der Waals surface area (Å²) in [6, 6.07) is 10.6. The Kier molecular flexibility index (Phi) is 4.89. The van der Waals surface area contributed by atoms with Gasteiger partial charge in [-0.1, -0.05) is 29.8 Å². The highest BCUT2D eigenvalue weighted by atomic mass is 16.2. The van der Waals surface area contributed by atoms with Gasteiger partial charge in [0.25, 0.3) is 5.91 Å². The van der Waals surface area contributed by atoms with Gasteiger partial charge in [-0.15, -0.1) is 0 Å². The Hall–Kier alpha value is -2.73. The second-order valence-corrected chi connectivity index (χ2v) is 7.76. The number of carbonyl (C=O) groups is 1. The molecule has 6 nitrogen and oxygen atoms in total. The minimum Gasteiger partial charge on any atom is -0.336 e. The summed E-state index contributed by atoms with van der Waals surface area (Å²) in [4.78, 5) is 22.1. The van der Waals surface area contributed by atoms with Crippen molar-refractivity contribution in [3.63, 3.8) is 0 Å². The van der Waals surface area contributed by atoms with Crippen molar-refractivity contribution in [2.45, 2.75) is 27.3 Å². The zero-order valence-electron chi connectivity index (χ0n) is 17.1. The number of piperazine rings is 1. The molecule has 1 fully saturated rings. The summed E-state index contributed by atoms with van der Waals surface area (Å²) in [5, 5.41) is 5.38. The number of aromatic nitrogens is 3. The number of carbonyl (C=O) groups excluding carboxylic acids is 1. The lowest BCUT2D eigenvalue weighted by Gasteiger charge is -2.35. The Labute approximate surface area is 165 Å². The standard InChI is InChI=1S/C22H27N5O/c1-15-6-5-7-18(12-15)14-26-8-10-27(11-9-26)22(28)20-13-19-17(3)24-25(4)21(19)23-16(20)2/h5-7,12-13H,8-11,14H2,1-4H3. The van der Waals surface area contributed by atoms with Gasteiger partial charge in [-0.05, 0) is 32.4 Å². The van der Waals surface area contributed by atoms with E-state index in [4.69, 9.17) is 0 Å². The van der Waals surface area contributed by atoms with Gasteiger partial charge in [0.2, 0.25) is 0 Å². The van der Waals surface area contributed by atoms with E-state index in [1.54, 1.807) is 4.68 Å². The van der Waals surface area contributed by atoms with Crippen molar-refractivity contribution in [1.82, 2.24) is 24.6 Å². The van der Waals surface area contributed by atoms with Crippen LogP contribution in [0.3, 0.4) is 0 Å². The molecule has 0 atom stereocenters. The van der Waals surface area contributed by atoms with Gasteiger partial charge >= 0.3 is 0 Å². The third-order valence-corrected chi connectivity index (χ3v) is 5.57. The van der Waals surface area contributed by atoms with Crippen LogP contribution in [0.1, 0.15) is 32.9 Å². The highest BCUT2D eigenvalue weighted by Crippen LogP contribution is 2.21. The molecule has 0 spiro atoms. The Morgan fingerprint density at radius 1 is 1.04 bits per heavy atom. The van der Waals surface area contributed by atoms with E-state index in [1.165, 1.54) is 11.1 Å². The van der Waals surface area contributed by atoms with E-state index in [0.717, 1.165) is 55.1 Å². The fourth-order valence-electron chi connectivity index (χ4n) is 4.00. The first-order valence-electron chi connectivity index (χ1n) is 9.80. The third-order valence-electron chi connectivity index (χ3n) is 5.57. The summed E-state index contributed by atoms with van der Waals surface area (Å²) in [6.45, 7) is 10.2. The average molecular weight is 377 g/mol. The molecule has 1 amide bonds. The third kappa shape index (κ3) is 3.52. The summed E-state index contributed by atoms with van der Waals surface area (Å²) < 4.78 is 1.77. The molecule has 6 heteroatoms. The van der Waals surface area contributed by atoms with Crippen LogP contribution >= 0.6 is 0 Å². The maximum Gasteiger partial charge on any atom is 0.255 e. The van der Waals surface area contributed by atoms with Crippen LogP contribution < -0.4 is 0 Å². The minimum absolute atomic E-state index is 0.0744. The molecule has 1 saturated heterocycles. The van der Waals surface area contributed by atoms with E-state index in [-0.39, 0.29) is 5.91 Å². The molecule has 0 saturated carbocycles. The summed E-state index contributed by atoms with van der Waals surface area (Å²) in [5.41, 5.74) is 5.81. The molecule has 0 aliphatic carbocycles. The zero-order chi connectivity index (χ0) is 19.8. The van der Waals surface area contributed by atoms with Crippen molar-refractivity contribution in [3.05, 3.63) is 58.4 Å². The predicted octanol–water partition coefficient (Wildman–Crippen LogP) is 2.85. The molecule has 4 rings (SSSR count).